The summed E-state index contributed by atoms with van der Waals surface area (Å²) >= 11 is 0. The van der Waals surface area contributed by atoms with Gasteiger partial charge >= 0.3 is 0 Å². The maximum atomic E-state index is 14.9. The fourth-order valence-corrected chi connectivity index (χ4v) is 5.87. The van der Waals surface area contributed by atoms with E-state index in [-0.39, 0.29) is 35.8 Å². The Balaban J connectivity index is 1.39. The number of aromatic nitrogens is 2. The minimum absolute atomic E-state index is 0.00561. The Hall–Kier alpha value is -2.76. The van der Waals surface area contributed by atoms with Crippen molar-refractivity contribution >= 4 is 11.7 Å². The molecule has 11 heteroatoms. The van der Waals surface area contributed by atoms with Crippen molar-refractivity contribution in [2.24, 2.45) is 5.92 Å². The maximum Gasteiger partial charge on any atom is 0.298 e. The summed E-state index contributed by atoms with van der Waals surface area (Å²) in [6.45, 7) is 0.700. The summed E-state index contributed by atoms with van der Waals surface area (Å²) in [5.74, 6) is -3.52. The van der Waals surface area contributed by atoms with E-state index in [1.54, 1.807) is 6.92 Å². The SMILES string of the molecule is Cc1nc(CC(=O)NC23CCC(CC2)CC3)c(C2OCCO2)c(NCc2cccc(C(F)(F)CO)c2F)n1. The minimum atomic E-state index is -3.71. The van der Waals surface area contributed by atoms with Crippen molar-refractivity contribution in [2.45, 2.75) is 76.2 Å². The molecule has 1 aromatic heterocycles. The first-order valence-electron chi connectivity index (χ1n) is 13.1. The van der Waals surface area contributed by atoms with Crippen LogP contribution in [0.5, 0.6) is 0 Å². The van der Waals surface area contributed by atoms with E-state index in [4.69, 9.17) is 14.6 Å². The number of carbonyl (C=O) groups is 1. The number of aliphatic hydroxyl groups excluding tert-OH is 1. The molecule has 6 rings (SSSR count). The largest absolute Gasteiger partial charge is 0.390 e. The Labute approximate surface area is 219 Å². The third-order valence-electron chi connectivity index (χ3n) is 7.94. The average molecular weight is 535 g/mol. The maximum absolute atomic E-state index is 14.9. The van der Waals surface area contributed by atoms with Crippen LogP contribution in [0.15, 0.2) is 18.2 Å². The molecule has 206 valence electrons. The third kappa shape index (κ3) is 5.50. The molecule has 2 aromatic rings. The lowest BCUT2D eigenvalue weighted by Crippen LogP contribution is -2.54. The van der Waals surface area contributed by atoms with E-state index in [1.807, 2.05) is 0 Å². The lowest BCUT2D eigenvalue weighted by molar-refractivity contribution is -0.123. The van der Waals surface area contributed by atoms with Crippen LogP contribution in [0.25, 0.3) is 0 Å². The topological polar surface area (TPSA) is 106 Å². The standard InChI is InChI=1S/C27H33F3N4O4/c1-16-32-20(13-21(36)34-26-8-5-17(6-9-26)7-10-26)22(25-37-11-12-38-25)24(33-16)31-14-18-3-2-4-19(23(18)28)27(29,30)15-35/h2-4,17,25,35H,5-15H2,1H3,(H,34,36)(H,31,32,33). The summed E-state index contributed by atoms with van der Waals surface area (Å²) in [4.78, 5) is 22.2. The molecule has 8 nitrogen and oxygen atoms in total. The van der Waals surface area contributed by atoms with E-state index in [0.717, 1.165) is 50.5 Å². The quantitative estimate of drug-likeness (QED) is 0.446. The number of carbonyl (C=O) groups excluding carboxylic acids is 1. The summed E-state index contributed by atoms with van der Waals surface area (Å²) in [5.41, 5.74) is -0.197. The predicted octanol–water partition coefficient (Wildman–Crippen LogP) is 4.05. The number of fused-ring (bicyclic) bond motifs is 3. The van der Waals surface area contributed by atoms with Crippen molar-refractivity contribution in [3.8, 4) is 0 Å². The molecule has 38 heavy (non-hydrogen) atoms. The van der Waals surface area contributed by atoms with Crippen molar-refractivity contribution < 1.29 is 32.5 Å². The highest BCUT2D eigenvalue weighted by Gasteiger charge is 2.41. The second-order valence-corrected chi connectivity index (χ2v) is 10.5. The van der Waals surface area contributed by atoms with Crippen molar-refractivity contribution in [3.63, 3.8) is 0 Å². The molecule has 4 aliphatic rings. The van der Waals surface area contributed by atoms with Crippen LogP contribution in [0.3, 0.4) is 0 Å². The van der Waals surface area contributed by atoms with Gasteiger partial charge in [0.05, 0.1) is 36.5 Å². The number of hydrogen-bond acceptors (Lipinski definition) is 7. The number of benzene rings is 1. The zero-order chi connectivity index (χ0) is 26.9. The molecule has 1 amide bonds. The van der Waals surface area contributed by atoms with Gasteiger partial charge in [0.25, 0.3) is 5.92 Å². The third-order valence-corrected chi connectivity index (χ3v) is 7.94. The molecule has 0 atom stereocenters. The van der Waals surface area contributed by atoms with Gasteiger partial charge in [-0.1, -0.05) is 12.1 Å². The number of rotatable bonds is 9. The van der Waals surface area contributed by atoms with Crippen LogP contribution in [0.2, 0.25) is 0 Å². The number of nitrogens with one attached hydrogen (secondary N) is 2. The Morgan fingerprint density at radius 1 is 1.16 bits per heavy atom. The van der Waals surface area contributed by atoms with Gasteiger partial charge in [-0.15, -0.1) is 0 Å². The smallest absolute Gasteiger partial charge is 0.298 e. The second kappa shape index (κ2) is 10.8. The van der Waals surface area contributed by atoms with Gasteiger partial charge in [-0.05, 0) is 57.4 Å². The second-order valence-electron chi connectivity index (χ2n) is 10.5. The lowest BCUT2D eigenvalue weighted by atomic mass is 9.66. The monoisotopic (exact) mass is 534 g/mol. The fourth-order valence-electron chi connectivity index (χ4n) is 5.87. The number of amides is 1. The molecular weight excluding hydrogens is 501 g/mol. The lowest BCUT2D eigenvalue weighted by Gasteiger charge is -2.47. The van der Waals surface area contributed by atoms with Gasteiger partial charge in [0.1, 0.15) is 24.1 Å². The summed E-state index contributed by atoms with van der Waals surface area (Å²) in [6, 6.07) is 3.63. The van der Waals surface area contributed by atoms with Gasteiger partial charge in [-0.3, -0.25) is 4.79 Å². The van der Waals surface area contributed by atoms with Crippen molar-refractivity contribution in [2.75, 3.05) is 25.1 Å². The van der Waals surface area contributed by atoms with Crippen LogP contribution in [0.4, 0.5) is 19.0 Å². The van der Waals surface area contributed by atoms with E-state index >= 15 is 0 Å². The van der Waals surface area contributed by atoms with Crippen LogP contribution >= 0.6 is 0 Å². The first-order chi connectivity index (χ1) is 18.2. The van der Waals surface area contributed by atoms with Crippen molar-refractivity contribution in [3.05, 3.63) is 52.2 Å². The molecule has 2 heterocycles. The molecule has 3 saturated carbocycles. The van der Waals surface area contributed by atoms with E-state index in [1.165, 1.54) is 12.1 Å². The predicted molar refractivity (Wildman–Crippen MR) is 132 cm³/mol. The Bertz CT molecular complexity index is 1170. The Morgan fingerprint density at radius 2 is 1.84 bits per heavy atom. The summed E-state index contributed by atoms with van der Waals surface area (Å²) < 4.78 is 54.4. The fraction of sp³-hybridized carbons (Fsp3) is 0.593. The van der Waals surface area contributed by atoms with Gasteiger partial charge < -0.3 is 25.2 Å². The van der Waals surface area contributed by atoms with Crippen LogP contribution in [-0.4, -0.2) is 46.3 Å². The molecule has 0 radical (unpaired) electrons. The molecule has 1 saturated heterocycles. The Kier molecular flexibility index (Phi) is 7.61. The van der Waals surface area contributed by atoms with Gasteiger partial charge in [-0.2, -0.15) is 8.78 Å². The van der Waals surface area contributed by atoms with Crippen LogP contribution in [0.1, 0.15) is 73.0 Å². The zero-order valence-corrected chi connectivity index (χ0v) is 21.4. The van der Waals surface area contributed by atoms with Crippen LogP contribution in [-0.2, 0) is 33.2 Å². The molecule has 3 N–H and O–H groups in total. The number of aliphatic hydroxyl groups is 1. The molecule has 0 spiro atoms. The van der Waals surface area contributed by atoms with E-state index in [2.05, 4.69) is 20.6 Å². The molecular formula is C27H33F3N4O4. The molecule has 0 unspecified atom stereocenters. The molecule has 2 bridgehead atoms. The normalized spacial score (nSPS) is 23.6. The van der Waals surface area contributed by atoms with E-state index < -0.39 is 30.2 Å². The highest BCUT2D eigenvalue weighted by Crippen LogP contribution is 2.44. The number of nitrogens with zero attached hydrogens (tertiary/aromatic N) is 2. The van der Waals surface area contributed by atoms with Crippen molar-refractivity contribution in [1.29, 1.82) is 0 Å². The number of ether oxygens (including phenoxy) is 2. The number of anilines is 1. The van der Waals surface area contributed by atoms with Gasteiger partial charge in [0.15, 0.2) is 6.29 Å². The number of aryl methyl sites for hydroxylation is 1. The number of alkyl halides is 2. The highest BCUT2D eigenvalue weighted by molar-refractivity contribution is 5.79. The minimum Gasteiger partial charge on any atom is -0.390 e. The summed E-state index contributed by atoms with van der Waals surface area (Å²) in [6.07, 6.45) is 5.55. The van der Waals surface area contributed by atoms with Crippen molar-refractivity contribution in [1.82, 2.24) is 15.3 Å². The van der Waals surface area contributed by atoms with Gasteiger partial charge in [0.2, 0.25) is 5.91 Å². The summed E-state index contributed by atoms with van der Waals surface area (Å²) in [5, 5.41) is 15.3. The first-order valence-corrected chi connectivity index (χ1v) is 13.1. The first kappa shape index (κ1) is 26.8. The molecule has 1 aliphatic heterocycles. The van der Waals surface area contributed by atoms with Gasteiger partial charge in [0, 0.05) is 17.6 Å². The average Bonchev–Trinajstić information content (AvgIpc) is 3.43. The van der Waals surface area contributed by atoms with Gasteiger partial charge in [-0.25, -0.2) is 14.4 Å². The summed E-state index contributed by atoms with van der Waals surface area (Å²) in [7, 11) is 0. The van der Waals surface area contributed by atoms with E-state index in [0.29, 0.717) is 30.3 Å². The molecule has 1 aromatic carbocycles. The molecule has 3 aliphatic carbocycles. The van der Waals surface area contributed by atoms with Crippen LogP contribution in [0, 0.1) is 18.7 Å². The number of hydrogen-bond donors (Lipinski definition) is 3. The van der Waals surface area contributed by atoms with E-state index in [9.17, 15) is 18.0 Å². The number of halogens is 3. The molecule has 4 fully saturated rings. The highest BCUT2D eigenvalue weighted by atomic mass is 19.3. The van der Waals surface area contributed by atoms with Crippen LogP contribution < -0.4 is 10.6 Å². The Morgan fingerprint density at radius 3 is 2.50 bits per heavy atom. The zero-order valence-electron chi connectivity index (χ0n) is 21.4.